The Bertz CT molecular complexity index is 389. The topological polar surface area (TPSA) is 28.2 Å². The van der Waals surface area contributed by atoms with E-state index in [1.807, 2.05) is 17.5 Å². The first kappa shape index (κ1) is 15.9. The lowest BCUT2D eigenvalue weighted by Crippen LogP contribution is -2.35. The molecule has 114 valence electrons. The van der Waals surface area contributed by atoms with Gasteiger partial charge in [0, 0.05) is 37.1 Å². The van der Waals surface area contributed by atoms with Gasteiger partial charge in [0.1, 0.15) is 0 Å². The Balaban J connectivity index is 1.69. The molecular weight excluding hydrogens is 266 g/mol. The van der Waals surface area contributed by atoms with Gasteiger partial charge in [0.2, 0.25) is 0 Å². The number of nitrogens with zero attached hydrogens (tertiary/aromatic N) is 2. The molecule has 1 aliphatic heterocycles. The fourth-order valence-corrected chi connectivity index (χ4v) is 3.65. The first-order chi connectivity index (χ1) is 9.63. The van der Waals surface area contributed by atoms with Crippen LogP contribution in [0, 0.1) is 11.8 Å². The molecule has 2 rings (SSSR count). The first-order valence-corrected chi connectivity index (χ1v) is 8.81. The van der Waals surface area contributed by atoms with Gasteiger partial charge < -0.3 is 10.2 Å². The zero-order chi connectivity index (χ0) is 14.4. The second-order valence-electron chi connectivity index (χ2n) is 6.54. The maximum Gasteiger partial charge on any atom is 0.0940 e. The van der Waals surface area contributed by atoms with Crippen LogP contribution in [0.2, 0.25) is 0 Å². The number of aromatic nitrogens is 1. The number of nitrogens with one attached hydrogen (secondary N) is 1. The summed E-state index contributed by atoms with van der Waals surface area (Å²) in [7, 11) is 0. The van der Waals surface area contributed by atoms with Crippen molar-refractivity contribution in [2.45, 2.75) is 46.6 Å². The fraction of sp³-hybridized carbons (Fsp3) is 0.812. The van der Waals surface area contributed by atoms with E-state index in [1.54, 1.807) is 0 Å². The van der Waals surface area contributed by atoms with Gasteiger partial charge in [-0.2, -0.15) is 0 Å². The quantitative estimate of drug-likeness (QED) is 0.837. The maximum atomic E-state index is 4.57. The molecule has 0 radical (unpaired) electrons. The van der Waals surface area contributed by atoms with Crippen molar-refractivity contribution in [3.63, 3.8) is 0 Å². The Morgan fingerprint density at radius 2 is 2.35 bits per heavy atom. The van der Waals surface area contributed by atoms with Crippen LogP contribution in [-0.4, -0.2) is 36.1 Å². The Labute approximate surface area is 127 Å². The molecule has 0 bridgehead atoms. The molecule has 0 amide bonds. The maximum absolute atomic E-state index is 4.57. The predicted octanol–water partition coefficient (Wildman–Crippen LogP) is 3.16. The monoisotopic (exact) mass is 295 g/mol. The van der Waals surface area contributed by atoms with E-state index in [0.717, 1.165) is 25.4 Å². The van der Waals surface area contributed by atoms with E-state index in [-0.39, 0.29) is 0 Å². The Kier molecular flexibility index (Phi) is 6.46. The number of thiazole rings is 1. The van der Waals surface area contributed by atoms with Crippen molar-refractivity contribution in [1.29, 1.82) is 0 Å². The molecule has 1 aromatic heterocycles. The number of hydrogen-bond acceptors (Lipinski definition) is 4. The molecule has 0 spiro atoms. The van der Waals surface area contributed by atoms with Crippen LogP contribution < -0.4 is 5.32 Å². The highest BCUT2D eigenvalue weighted by Gasteiger charge is 2.16. The van der Waals surface area contributed by atoms with E-state index in [1.165, 1.54) is 42.4 Å². The van der Waals surface area contributed by atoms with E-state index < -0.39 is 0 Å². The van der Waals surface area contributed by atoms with Crippen molar-refractivity contribution < 1.29 is 0 Å². The molecule has 0 aromatic carbocycles. The average Bonchev–Trinajstić information content (AvgIpc) is 2.84. The summed E-state index contributed by atoms with van der Waals surface area (Å²) >= 11 is 1.87. The van der Waals surface area contributed by atoms with Gasteiger partial charge in [-0.3, -0.25) is 0 Å². The van der Waals surface area contributed by atoms with Crippen LogP contribution in [0.25, 0.3) is 0 Å². The summed E-state index contributed by atoms with van der Waals surface area (Å²) in [5, 5.41) is 4.78. The van der Waals surface area contributed by atoms with Gasteiger partial charge in [-0.25, -0.2) is 4.98 Å². The zero-order valence-corrected chi connectivity index (χ0v) is 14.0. The van der Waals surface area contributed by atoms with Crippen molar-refractivity contribution in [3.05, 3.63) is 16.1 Å². The van der Waals surface area contributed by atoms with E-state index in [4.69, 9.17) is 0 Å². The zero-order valence-electron chi connectivity index (χ0n) is 13.2. The van der Waals surface area contributed by atoms with E-state index in [0.29, 0.717) is 5.92 Å². The molecule has 1 fully saturated rings. The van der Waals surface area contributed by atoms with Crippen LogP contribution in [0.4, 0.5) is 0 Å². The van der Waals surface area contributed by atoms with E-state index >= 15 is 0 Å². The van der Waals surface area contributed by atoms with Gasteiger partial charge in [-0.05, 0) is 37.8 Å². The Morgan fingerprint density at radius 3 is 3.10 bits per heavy atom. The van der Waals surface area contributed by atoms with Crippen LogP contribution >= 0.6 is 11.3 Å². The van der Waals surface area contributed by atoms with Gasteiger partial charge in [0.05, 0.1) is 5.01 Å². The second kappa shape index (κ2) is 8.11. The summed E-state index contributed by atoms with van der Waals surface area (Å²) in [5.41, 5.74) is 0. The molecule has 1 aliphatic rings. The fourth-order valence-electron chi connectivity index (χ4n) is 2.77. The highest BCUT2D eigenvalue weighted by atomic mass is 32.1. The van der Waals surface area contributed by atoms with Crippen molar-refractivity contribution in [3.8, 4) is 0 Å². The van der Waals surface area contributed by atoms with Crippen LogP contribution in [0.1, 0.15) is 43.5 Å². The minimum Gasteiger partial charge on any atom is -0.312 e. The van der Waals surface area contributed by atoms with Crippen molar-refractivity contribution in [2.75, 3.05) is 26.2 Å². The molecular formula is C16H29N3S. The van der Waals surface area contributed by atoms with Crippen LogP contribution in [0.15, 0.2) is 6.20 Å². The third kappa shape index (κ3) is 5.51. The molecule has 1 N–H and O–H groups in total. The molecule has 0 aliphatic carbocycles. The lowest BCUT2D eigenvalue weighted by molar-refractivity contribution is 0.186. The van der Waals surface area contributed by atoms with Crippen molar-refractivity contribution >= 4 is 11.3 Å². The number of likely N-dealkylation sites (tertiary alicyclic amines) is 1. The van der Waals surface area contributed by atoms with Gasteiger partial charge >= 0.3 is 0 Å². The van der Waals surface area contributed by atoms with Crippen LogP contribution in [0.3, 0.4) is 0 Å². The number of hydrogen-bond donors (Lipinski definition) is 1. The predicted molar refractivity (Wildman–Crippen MR) is 87.2 cm³/mol. The van der Waals surface area contributed by atoms with Gasteiger partial charge in [-0.1, -0.05) is 20.8 Å². The van der Waals surface area contributed by atoms with Gasteiger partial charge in [0.25, 0.3) is 0 Å². The summed E-state index contributed by atoms with van der Waals surface area (Å²) < 4.78 is 0. The van der Waals surface area contributed by atoms with Crippen LogP contribution in [0.5, 0.6) is 0 Å². The molecule has 2 heterocycles. The lowest BCUT2D eigenvalue weighted by atomic mass is 10.0. The molecule has 1 unspecified atom stereocenters. The van der Waals surface area contributed by atoms with Crippen molar-refractivity contribution in [1.82, 2.24) is 15.2 Å². The molecule has 3 nitrogen and oxygen atoms in total. The van der Waals surface area contributed by atoms with Gasteiger partial charge in [0.15, 0.2) is 0 Å². The SMILES string of the molecule is CC(C)CNCc1cnc(CCN2CCCC(C)C2)s1. The molecule has 1 atom stereocenters. The standard InChI is InChI=1S/C16H29N3S/c1-13(2)9-17-10-15-11-18-16(20-15)6-8-19-7-4-5-14(3)12-19/h11,13-14,17H,4-10,12H2,1-3H3. The second-order valence-corrected chi connectivity index (χ2v) is 7.74. The lowest BCUT2D eigenvalue weighted by Gasteiger charge is -2.30. The normalized spacial score (nSPS) is 20.7. The number of rotatable bonds is 7. The van der Waals surface area contributed by atoms with E-state index in [2.05, 4.69) is 36.0 Å². The third-order valence-corrected chi connectivity index (χ3v) is 4.89. The summed E-state index contributed by atoms with van der Waals surface area (Å²) in [6.07, 6.45) is 5.93. The molecule has 1 saturated heterocycles. The van der Waals surface area contributed by atoms with Gasteiger partial charge in [-0.15, -0.1) is 11.3 Å². The highest BCUT2D eigenvalue weighted by molar-refractivity contribution is 7.11. The smallest absolute Gasteiger partial charge is 0.0940 e. The average molecular weight is 295 g/mol. The minimum atomic E-state index is 0.712. The summed E-state index contributed by atoms with van der Waals surface area (Å²) in [6.45, 7) is 12.6. The summed E-state index contributed by atoms with van der Waals surface area (Å²) in [6, 6.07) is 0. The Morgan fingerprint density at radius 1 is 1.50 bits per heavy atom. The van der Waals surface area contributed by atoms with E-state index in [9.17, 15) is 0 Å². The molecule has 4 heteroatoms. The third-order valence-electron chi connectivity index (χ3n) is 3.84. The van der Waals surface area contributed by atoms with Crippen LogP contribution in [-0.2, 0) is 13.0 Å². The minimum absolute atomic E-state index is 0.712. The summed E-state index contributed by atoms with van der Waals surface area (Å²) in [5.74, 6) is 1.58. The number of piperidine rings is 1. The molecule has 1 aromatic rings. The molecule has 0 saturated carbocycles. The Hall–Kier alpha value is -0.450. The first-order valence-electron chi connectivity index (χ1n) is 8.00. The summed E-state index contributed by atoms with van der Waals surface area (Å²) in [4.78, 5) is 8.54. The largest absolute Gasteiger partial charge is 0.312 e. The van der Waals surface area contributed by atoms with Crippen molar-refractivity contribution in [2.24, 2.45) is 11.8 Å². The highest BCUT2D eigenvalue weighted by Crippen LogP contribution is 2.17. The molecule has 20 heavy (non-hydrogen) atoms.